The van der Waals surface area contributed by atoms with Gasteiger partial charge in [0, 0.05) is 7.11 Å². The summed E-state index contributed by atoms with van der Waals surface area (Å²) in [6.45, 7) is 17.9. The summed E-state index contributed by atoms with van der Waals surface area (Å²) >= 11 is 0. The van der Waals surface area contributed by atoms with Crippen LogP contribution in [0, 0.1) is 7.11 Å². The van der Waals surface area contributed by atoms with Gasteiger partial charge in [-0.3, -0.25) is 0 Å². The fourth-order valence-electron chi connectivity index (χ4n) is 3.05. The van der Waals surface area contributed by atoms with Crippen molar-refractivity contribution in [1.29, 1.82) is 0 Å². The van der Waals surface area contributed by atoms with E-state index in [2.05, 4.69) is 52.9 Å². The summed E-state index contributed by atoms with van der Waals surface area (Å²) in [6, 6.07) is 0. The average molecular weight is 248 g/mol. The van der Waals surface area contributed by atoms with Gasteiger partial charge in [-0.05, 0) is 0 Å². The highest BCUT2D eigenvalue weighted by molar-refractivity contribution is 8.12. The van der Waals surface area contributed by atoms with Crippen LogP contribution in [0.2, 0.25) is 45.8 Å². The molecule has 0 saturated carbocycles. The second-order valence-electron chi connectivity index (χ2n) is 6.05. The molecule has 0 aromatic rings. The van der Waals surface area contributed by atoms with Crippen LogP contribution in [0.15, 0.2) is 0 Å². The Labute approximate surface area is 86.2 Å². The molecule has 13 heavy (non-hydrogen) atoms. The van der Waals surface area contributed by atoms with Crippen molar-refractivity contribution in [2.24, 2.45) is 0 Å². The number of hydrogen-bond acceptors (Lipinski definition) is 1. The van der Waals surface area contributed by atoms with Crippen molar-refractivity contribution >= 4 is 28.7 Å². The Morgan fingerprint density at radius 1 is 0.692 bits per heavy atom. The highest BCUT2D eigenvalue weighted by Gasteiger charge is 2.79. The lowest BCUT2D eigenvalue weighted by atomic mass is 11.8. The maximum absolute atomic E-state index is 5.79. The number of hydrogen-bond donors (Lipinski definition) is 0. The lowest BCUT2D eigenvalue weighted by Crippen LogP contribution is -3.02. The van der Waals surface area contributed by atoms with Gasteiger partial charge < -0.3 is 4.43 Å². The molecule has 0 spiro atoms. The van der Waals surface area contributed by atoms with Crippen LogP contribution in [0.4, 0.5) is 0 Å². The third-order valence-electron chi connectivity index (χ3n) is 5.80. The summed E-state index contributed by atoms with van der Waals surface area (Å²) in [7, 11) is -0.456. The first-order chi connectivity index (χ1) is 5.56. The van der Waals surface area contributed by atoms with Gasteiger partial charge in [0.05, 0.1) is 21.3 Å². The molecule has 1 saturated heterocycles. The molecule has 1 nitrogen and oxygen atoms in total. The maximum Gasteiger partial charge on any atom is 0.160 e. The SMILES string of the molecule is [CH2]O[Si]1(C)[Si](C)(C)[Si](C)(C)[Si]1(C)C. The molecule has 0 unspecified atom stereocenters. The van der Waals surface area contributed by atoms with Crippen molar-refractivity contribution in [1.82, 2.24) is 0 Å². The van der Waals surface area contributed by atoms with Gasteiger partial charge in [-0.25, -0.2) is 0 Å². The van der Waals surface area contributed by atoms with Crippen LogP contribution >= 0.6 is 0 Å². The van der Waals surface area contributed by atoms with E-state index in [1.807, 2.05) is 0 Å². The molecule has 77 valence electrons. The second kappa shape index (κ2) is 2.69. The van der Waals surface area contributed by atoms with Crippen LogP contribution in [-0.4, -0.2) is 28.7 Å². The molecule has 0 N–H and O–H groups in total. The Morgan fingerprint density at radius 2 is 1.00 bits per heavy atom. The quantitative estimate of drug-likeness (QED) is 0.648. The van der Waals surface area contributed by atoms with Crippen molar-refractivity contribution in [2.45, 2.75) is 45.8 Å². The van der Waals surface area contributed by atoms with Crippen LogP contribution < -0.4 is 0 Å². The highest BCUT2D eigenvalue weighted by Crippen LogP contribution is 2.51. The Kier molecular flexibility index (Phi) is 2.46. The van der Waals surface area contributed by atoms with E-state index < -0.39 is 28.7 Å². The van der Waals surface area contributed by atoms with Crippen molar-refractivity contribution in [3.63, 3.8) is 0 Å². The smallest absolute Gasteiger partial charge is 0.160 e. The Morgan fingerprint density at radius 3 is 1.15 bits per heavy atom. The van der Waals surface area contributed by atoms with E-state index in [0.717, 1.165) is 0 Å². The minimum atomic E-state index is -1.33. The standard InChI is InChI=1S/C8H23OSi4/c1-9-13(8)11(4,5)10(2,3)12(13,6)7/h1H2,2-8H3. The third-order valence-corrected chi connectivity index (χ3v) is 103. The van der Waals surface area contributed by atoms with E-state index in [1.165, 1.54) is 0 Å². The molecule has 0 atom stereocenters. The molecule has 0 aliphatic carbocycles. The summed E-state index contributed by atoms with van der Waals surface area (Å²) in [5.41, 5.74) is 0. The first kappa shape index (κ1) is 11.9. The molecule has 1 rings (SSSR count). The lowest BCUT2D eigenvalue weighted by Gasteiger charge is -2.71. The molecule has 1 aliphatic rings. The number of rotatable bonds is 1. The largest absolute Gasteiger partial charge is 0.421 e. The van der Waals surface area contributed by atoms with Gasteiger partial charge in [0.25, 0.3) is 0 Å². The Hall–Kier alpha value is 0.828. The van der Waals surface area contributed by atoms with Crippen LogP contribution in [0.3, 0.4) is 0 Å². The first-order valence-corrected chi connectivity index (χ1v) is 20.4. The molecule has 1 radical (unpaired) electrons. The Bertz CT molecular complexity index is 216. The van der Waals surface area contributed by atoms with Crippen LogP contribution in [0.5, 0.6) is 0 Å². The molecular weight excluding hydrogens is 224 g/mol. The van der Waals surface area contributed by atoms with Crippen LogP contribution in [0.25, 0.3) is 0 Å². The van der Waals surface area contributed by atoms with Crippen molar-refractivity contribution in [2.75, 3.05) is 0 Å². The van der Waals surface area contributed by atoms with Gasteiger partial charge in [-0.1, -0.05) is 45.8 Å². The summed E-state index contributed by atoms with van der Waals surface area (Å²) in [5.74, 6) is 0. The molecular formula is C8H23OSi4. The van der Waals surface area contributed by atoms with Crippen LogP contribution in [0.1, 0.15) is 0 Å². The lowest BCUT2D eigenvalue weighted by molar-refractivity contribution is 0.490. The zero-order valence-electron chi connectivity index (χ0n) is 10.1. The zero-order chi connectivity index (χ0) is 10.7. The van der Waals surface area contributed by atoms with E-state index in [1.54, 1.807) is 0 Å². The molecule has 1 aliphatic heterocycles. The Balaban J connectivity index is 3.18. The molecule has 0 bridgehead atoms. The van der Waals surface area contributed by atoms with Crippen molar-refractivity contribution in [3.05, 3.63) is 7.11 Å². The minimum Gasteiger partial charge on any atom is -0.421 e. The van der Waals surface area contributed by atoms with Crippen LogP contribution in [-0.2, 0) is 4.43 Å². The van der Waals surface area contributed by atoms with Gasteiger partial charge in [0.15, 0.2) is 7.35 Å². The third kappa shape index (κ3) is 0.948. The fourth-order valence-corrected chi connectivity index (χ4v) is 131. The van der Waals surface area contributed by atoms with E-state index in [4.69, 9.17) is 4.43 Å². The van der Waals surface area contributed by atoms with Gasteiger partial charge in [0.1, 0.15) is 0 Å². The second-order valence-corrected chi connectivity index (χ2v) is 52.4. The van der Waals surface area contributed by atoms with E-state index in [-0.39, 0.29) is 0 Å². The molecule has 5 heteroatoms. The van der Waals surface area contributed by atoms with Gasteiger partial charge in [0.2, 0.25) is 0 Å². The normalized spacial score (nSPS) is 32.3. The summed E-state index contributed by atoms with van der Waals surface area (Å²) < 4.78 is 5.79. The first-order valence-electron chi connectivity index (χ1n) is 4.99. The summed E-state index contributed by atoms with van der Waals surface area (Å²) in [6.07, 6.45) is 0. The average Bonchev–Trinajstić information content (AvgIpc) is 2.00. The summed E-state index contributed by atoms with van der Waals surface area (Å²) in [4.78, 5) is 0. The molecule has 1 fully saturated rings. The van der Waals surface area contributed by atoms with Crippen molar-refractivity contribution in [3.8, 4) is 0 Å². The monoisotopic (exact) mass is 247 g/mol. The predicted octanol–water partition coefficient (Wildman–Crippen LogP) is 2.82. The molecule has 0 aromatic heterocycles. The summed E-state index contributed by atoms with van der Waals surface area (Å²) in [5, 5.41) is 0. The predicted molar refractivity (Wildman–Crippen MR) is 70.5 cm³/mol. The van der Waals surface area contributed by atoms with Gasteiger partial charge in [-0.15, -0.1) is 0 Å². The molecule has 1 heterocycles. The van der Waals surface area contributed by atoms with E-state index in [0.29, 0.717) is 0 Å². The van der Waals surface area contributed by atoms with E-state index in [9.17, 15) is 0 Å². The van der Waals surface area contributed by atoms with Crippen molar-refractivity contribution < 1.29 is 4.43 Å². The zero-order valence-corrected chi connectivity index (χ0v) is 14.1. The molecule has 0 aromatic carbocycles. The highest BCUT2D eigenvalue weighted by atomic mass is 30.2. The van der Waals surface area contributed by atoms with Gasteiger partial charge >= 0.3 is 0 Å². The molecule has 0 amide bonds. The minimum absolute atomic E-state index is 0.888. The topological polar surface area (TPSA) is 9.23 Å². The van der Waals surface area contributed by atoms with Gasteiger partial charge in [-0.2, -0.15) is 0 Å². The van der Waals surface area contributed by atoms with E-state index >= 15 is 0 Å². The fraction of sp³-hybridized carbons (Fsp3) is 0.875. The maximum atomic E-state index is 5.79.